The Hall–Kier alpha value is -15.5. The van der Waals surface area contributed by atoms with Gasteiger partial charge in [-0.05, 0) is 205 Å². The highest BCUT2D eigenvalue weighted by Gasteiger charge is 2.42. The third-order valence-corrected chi connectivity index (χ3v) is 31.5. The van der Waals surface area contributed by atoms with E-state index >= 15 is 0 Å². The molecule has 8 aliphatic rings. The average molecular weight is 2140 g/mol. The van der Waals surface area contributed by atoms with E-state index in [4.69, 9.17) is 52.4 Å². The Bertz CT molecular complexity index is 7780. The van der Waals surface area contributed by atoms with Crippen LogP contribution in [0.1, 0.15) is 224 Å². The quantitative estimate of drug-likeness (QED) is 0.0228. The molecule has 0 bridgehead atoms. The maximum atomic E-state index is 12.9. The van der Waals surface area contributed by atoms with Gasteiger partial charge in [0, 0.05) is 64.8 Å². The van der Waals surface area contributed by atoms with Crippen molar-refractivity contribution >= 4 is 115 Å². The second-order valence-electron chi connectivity index (χ2n) is 39.0. The molecule has 45 heteroatoms. The Morgan fingerprint density at radius 3 is 0.960 bits per heavy atom. The lowest BCUT2D eigenvalue weighted by Gasteiger charge is -2.31. The summed E-state index contributed by atoms with van der Waals surface area (Å²) >= 11 is 0. The fourth-order valence-corrected chi connectivity index (χ4v) is 24.0. The van der Waals surface area contributed by atoms with E-state index in [0.29, 0.717) is 118 Å². The van der Waals surface area contributed by atoms with Gasteiger partial charge < -0.3 is 84.3 Å². The van der Waals surface area contributed by atoms with Gasteiger partial charge in [-0.1, -0.05) is 142 Å². The van der Waals surface area contributed by atoms with Gasteiger partial charge in [0.1, 0.15) is 103 Å². The number of aromatic nitrogens is 4. The Kier molecular flexibility index (Phi) is 32.8. The molecule has 3 aromatic heterocycles. The molecule has 16 N–H and O–H groups in total. The lowest BCUT2D eigenvalue weighted by atomic mass is 9.97. The standard InChI is InChI=1S/C22H24N6O4S.C22H26N4O4S.C21H24N4O4S.C21H23N3O4S.C19H21N3O4S/c1-14-10-28(13-25-14)18-9-15(7-8-24-18)21(29)26-22(2,3)12-32-17-6-4-5-16-11-33(30,31)27-20(23)19(16)17;1-24-17-8-4-6-15(12-17)21(27)25-22(10-2-3-11-22)14-30-18-9-5-7-16-13-31(28,29)26-20(23)19(16)18;1-14-11-15(7-10-23-14)20(26)24-21(8-2-3-9-21)13-29-17-6-4-5-16-12-30(27,28)25-19(22)18(16)17;22-19-18-16(13-29(26,27)24-19)9-6-10-17(18)28-14-21(11-4-5-12-21)23-20(25)15-7-2-1-3-8-15;1-19(2,21-18(23)13-7-4-3-5-8-13)12-26-15-10-6-9-14-11-27(24,25)22-17(20)16(14)15/h4-10,13H,11-12H2,1-3H3,(H2,23,27)(H,26,29);4-9,12,24H,2-3,10-11,13-14H2,1H3,(H2,23,26)(H,25,27);4-7,10-11H,2-3,8-9,12-13H2,1H3,(H2,22,25)(H,24,26);1-3,6-10H,4-5,11-14H2,(H2,22,24)(H,23,25);3-10H,11-12H2,1-2H3,(H2,20,22)(H,21,23). The highest BCUT2D eigenvalue weighted by molar-refractivity contribution is 7.90. The molecule has 19 rings (SSSR count). The van der Waals surface area contributed by atoms with Gasteiger partial charge in [-0.3, -0.25) is 33.5 Å². The zero-order valence-electron chi connectivity index (χ0n) is 83.5. The lowest BCUT2D eigenvalue weighted by molar-refractivity contribution is 0.0847. The van der Waals surface area contributed by atoms with E-state index < -0.39 is 77.8 Å². The van der Waals surface area contributed by atoms with Crippen LogP contribution in [0.5, 0.6) is 28.7 Å². The number of rotatable bonds is 27. The fourth-order valence-electron chi connectivity index (χ4n) is 18.6. The van der Waals surface area contributed by atoms with Crippen LogP contribution in [0.25, 0.3) is 5.82 Å². The Morgan fingerprint density at radius 1 is 0.340 bits per heavy atom. The summed E-state index contributed by atoms with van der Waals surface area (Å²) in [7, 11) is -16.2. The van der Waals surface area contributed by atoms with Crippen molar-refractivity contribution in [1.82, 2.24) is 46.1 Å². The molecule has 3 aliphatic carbocycles. The van der Waals surface area contributed by atoms with Crippen LogP contribution in [0.15, 0.2) is 247 Å². The van der Waals surface area contributed by atoms with Crippen LogP contribution < -0.4 is 84.3 Å². The lowest BCUT2D eigenvalue weighted by Crippen LogP contribution is -2.50. The minimum Gasteiger partial charge on any atom is -0.490 e. The second kappa shape index (κ2) is 45.3. The predicted molar refractivity (Wildman–Crippen MR) is 569 cm³/mol. The number of anilines is 1. The van der Waals surface area contributed by atoms with Crippen molar-refractivity contribution in [2.75, 3.05) is 45.4 Å². The minimum absolute atomic E-state index is 0.0596. The first kappa shape index (κ1) is 109. The smallest absolute Gasteiger partial charge is 0.259 e. The summed E-state index contributed by atoms with van der Waals surface area (Å²) in [6.07, 6.45) is 17.5. The zero-order valence-corrected chi connectivity index (χ0v) is 87.6. The van der Waals surface area contributed by atoms with E-state index in [9.17, 15) is 66.1 Å². The van der Waals surface area contributed by atoms with E-state index in [1.807, 2.05) is 97.3 Å². The molecule has 5 amide bonds. The van der Waals surface area contributed by atoms with Gasteiger partial charge >= 0.3 is 0 Å². The number of imidazole rings is 1. The molecule has 0 spiro atoms. The summed E-state index contributed by atoms with van der Waals surface area (Å²) in [5.74, 6) is 0.508. The van der Waals surface area contributed by atoms with Crippen LogP contribution in [0.3, 0.4) is 0 Å². The number of ether oxygens (including phenoxy) is 5. The van der Waals surface area contributed by atoms with Crippen LogP contribution in [-0.4, -0.2) is 188 Å². The third-order valence-electron chi connectivity index (χ3n) is 25.8. The van der Waals surface area contributed by atoms with Crippen LogP contribution >= 0.6 is 0 Å². The molecule has 0 unspecified atom stereocenters. The van der Waals surface area contributed by atoms with Gasteiger partial charge in [0.2, 0.25) is 0 Å². The summed E-state index contributed by atoms with van der Waals surface area (Å²) < 4.78 is 168. The largest absolute Gasteiger partial charge is 0.490 e. The summed E-state index contributed by atoms with van der Waals surface area (Å²) in [4.78, 5) is 76.3. The van der Waals surface area contributed by atoms with Crippen molar-refractivity contribution in [3.05, 3.63) is 320 Å². The van der Waals surface area contributed by atoms with Gasteiger partial charge in [0.15, 0.2) is 0 Å². The first-order chi connectivity index (χ1) is 71.1. The van der Waals surface area contributed by atoms with E-state index in [1.54, 1.807) is 181 Å². The molecule has 0 radical (unpaired) electrons. The monoisotopic (exact) mass is 2140 g/mol. The molecule has 8 aromatic carbocycles. The number of aryl methyl sites for hydroxylation is 2. The van der Waals surface area contributed by atoms with Gasteiger partial charge in [0.25, 0.3) is 79.7 Å². The number of amidine groups is 5. The topological polar surface area (TPSA) is 610 Å². The number of hydrogen-bond acceptors (Lipinski definition) is 29. The van der Waals surface area contributed by atoms with Gasteiger partial charge in [-0.2, -0.15) is 0 Å². The molecule has 0 atom stereocenters. The molecule has 788 valence electrons. The highest BCUT2D eigenvalue weighted by atomic mass is 32.2. The first-order valence-electron chi connectivity index (χ1n) is 48.2. The Labute approximate surface area is 870 Å². The summed E-state index contributed by atoms with van der Waals surface area (Å²) in [5, 5.41) is 18.4. The normalized spacial score (nSPS) is 17.3. The van der Waals surface area contributed by atoms with E-state index in [2.05, 4.69) is 68.8 Å². The number of carbonyl (C=O) groups is 5. The van der Waals surface area contributed by atoms with Gasteiger partial charge in [-0.15, -0.1) is 22.0 Å². The molecule has 3 fully saturated rings. The molecule has 11 aromatic rings. The number of nitrogens with two attached hydrogens (primary N) is 5. The SMILES string of the molecule is CC(C)(COc1cccc2c1C(N)=NS(=O)(=O)C2)NC(=O)c1ccccc1.CNc1cccc(C(=O)NC2(COc3cccc4c3C(N)=NS(=O)(=O)C4)CCCC2)c1.Cc1cc(C(=O)NC2(COc3cccc4c3C(N)=NS(=O)(=O)C4)CCCC2)ccn1.Cc1cn(-c2cc(C(=O)NC(C)(C)COc3cccc4c3C(N)=NS(=O)(=O)C4)ccn2)cn1.NC1=NS(=O)(=O)Cc2cccc(OCC3(NC(=O)c4ccccc4)CCCC3)c21. The average Bonchev–Trinajstić information content (AvgIpc) is 0.957. The predicted octanol–water partition coefficient (Wildman–Crippen LogP) is 10.4. The Morgan fingerprint density at radius 2 is 0.633 bits per heavy atom. The molecular weight excluding hydrogens is 2020 g/mol. The van der Waals surface area contributed by atoms with Gasteiger partial charge in [-0.25, -0.2) is 52.1 Å². The minimum atomic E-state index is -3.63. The number of carbonyl (C=O) groups excluding carboxylic acids is 5. The molecule has 3 saturated carbocycles. The second-order valence-corrected chi connectivity index (χ2v) is 47.2. The summed E-state index contributed by atoms with van der Waals surface area (Å²) in [6.45, 7) is 12.1. The van der Waals surface area contributed by atoms with Crippen LogP contribution in [0, 0.1) is 13.8 Å². The van der Waals surface area contributed by atoms with E-state index in [1.165, 1.54) is 0 Å². The zero-order chi connectivity index (χ0) is 107. The summed E-state index contributed by atoms with van der Waals surface area (Å²) in [5.41, 5.74) is 37.1. The molecule has 8 heterocycles. The molecule has 0 saturated heterocycles. The van der Waals surface area contributed by atoms with Crippen molar-refractivity contribution in [3.8, 4) is 34.6 Å². The number of benzene rings is 8. The van der Waals surface area contributed by atoms with Gasteiger partial charge in [0.05, 0.1) is 90.0 Å². The van der Waals surface area contributed by atoms with Crippen molar-refractivity contribution < 1.29 is 89.7 Å². The maximum Gasteiger partial charge on any atom is 0.259 e. The third kappa shape index (κ3) is 27.7. The van der Waals surface area contributed by atoms with Crippen molar-refractivity contribution in [2.24, 2.45) is 50.7 Å². The number of nitrogens with one attached hydrogen (secondary N) is 6. The molecular formula is C105H118N20O20S5. The van der Waals surface area contributed by atoms with Crippen molar-refractivity contribution in [2.45, 2.75) is 175 Å². The van der Waals surface area contributed by atoms with E-state index in [0.717, 1.165) is 94.1 Å². The number of nitrogens with zero attached hydrogens (tertiary/aromatic N) is 9. The van der Waals surface area contributed by atoms with Crippen molar-refractivity contribution in [1.29, 1.82) is 0 Å². The van der Waals surface area contributed by atoms with Crippen LogP contribution in [0.2, 0.25) is 0 Å². The fraction of sp³-hybridized carbons (Fsp3) is 0.324. The molecule has 150 heavy (non-hydrogen) atoms. The number of pyridine rings is 2. The number of fused-ring (bicyclic) bond motifs is 5. The number of sulfonamides is 5. The first-order valence-corrected chi connectivity index (χ1v) is 56.3. The Balaban J connectivity index is 0.000000140. The highest BCUT2D eigenvalue weighted by Crippen LogP contribution is 2.40. The van der Waals surface area contributed by atoms with Crippen LogP contribution in [-0.2, 0) is 78.9 Å². The van der Waals surface area contributed by atoms with E-state index in [-0.39, 0.29) is 121 Å². The number of amides is 5. The molecule has 40 nitrogen and oxygen atoms in total. The number of hydrogen-bond donors (Lipinski definition) is 11. The molecule has 5 aliphatic heterocycles. The summed E-state index contributed by atoms with van der Waals surface area (Å²) in [6, 6.07) is 57.8. The maximum absolute atomic E-state index is 12.9. The van der Waals surface area contributed by atoms with Crippen molar-refractivity contribution in [3.63, 3.8) is 0 Å². The van der Waals surface area contributed by atoms with Crippen LogP contribution in [0.4, 0.5) is 5.69 Å².